The summed E-state index contributed by atoms with van der Waals surface area (Å²) >= 11 is 12.1. The zero-order valence-electron chi connectivity index (χ0n) is 14.2. The molecule has 2 unspecified atom stereocenters. The Bertz CT molecular complexity index is 829. The zero-order chi connectivity index (χ0) is 18.1. The maximum absolute atomic E-state index is 13.1. The molecule has 2 atom stereocenters. The Morgan fingerprint density at radius 1 is 1.15 bits per heavy atom. The van der Waals surface area contributed by atoms with Gasteiger partial charge in [-0.05, 0) is 49.6 Å². The summed E-state index contributed by atoms with van der Waals surface area (Å²) < 4.78 is 0. The van der Waals surface area contributed by atoms with Crippen molar-refractivity contribution in [3.05, 3.63) is 52.1 Å². The second kappa shape index (κ2) is 7.43. The molecular formula is C19H20Cl2N4O. The summed E-state index contributed by atoms with van der Waals surface area (Å²) in [6, 6.07) is 9.79. The number of benzene rings is 1. The molecule has 0 saturated carbocycles. The Morgan fingerprint density at radius 3 is 2.85 bits per heavy atom. The molecule has 1 aromatic heterocycles. The van der Waals surface area contributed by atoms with Crippen molar-refractivity contribution < 1.29 is 4.79 Å². The first-order valence-corrected chi connectivity index (χ1v) is 9.58. The van der Waals surface area contributed by atoms with Crippen LogP contribution in [0.5, 0.6) is 0 Å². The third-order valence-corrected chi connectivity index (χ3v) is 5.77. The van der Waals surface area contributed by atoms with E-state index in [1.54, 1.807) is 24.4 Å². The summed E-state index contributed by atoms with van der Waals surface area (Å²) in [6.45, 7) is 1.52. The number of aromatic nitrogens is 1. The molecule has 2 bridgehead atoms. The summed E-state index contributed by atoms with van der Waals surface area (Å²) in [7, 11) is 0. The Morgan fingerprint density at radius 2 is 2.00 bits per heavy atom. The number of nitrogens with zero attached hydrogens (tertiary/aromatic N) is 2. The molecule has 2 aliphatic heterocycles. The predicted molar refractivity (Wildman–Crippen MR) is 104 cm³/mol. The van der Waals surface area contributed by atoms with Gasteiger partial charge in [0.1, 0.15) is 5.82 Å². The highest BCUT2D eigenvalue weighted by molar-refractivity contribution is 6.42. The third kappa shape index (κ3) is 3.65. The van der Waals surface area contributed by atoms with E-state index in [2.05, 4.69) is 15.6 Å². The lowest BCUT2D eigenvalue weighted by atomic mass is 10.1. The van der Waals surface area contributed by atoms with E-state index in [1.807, 2.05) is 17.0 Å². The molecule has 5 nitrogen and oxygen atoms in total. The van der Waals surface area contributed by atoms with Crippen LogP contribution in [0.1, 0.15) is 29.6 Å². The molecule has 3 heterocycles. The minimum Gasteiger partial charge on any atom is -0.340 e. The van der Waals surface area contributed by atoms with E-state index in [-0.39, 0.29) is 5.91 Å². The number of fused-ring (bicyclic) bond motifs is 2. The molecule has 2 saturated heterocycles. The average molecular weight is 391 g/mol. The monoisotopic (exact) mass is 390 g/mol. The van der Waals surface area contributed by atoms with E-state index >= 15 is 0 Å². The molecule has 26 heavy (non-hydrogen) atoms. The van der Waals surface area contributed by atoms with Gasteiger partial charge >= 0.3 is 0 Å². The van der Waals surface area contributed by atoms with Gasteiger partial charge in [0.15, 0.2) is 0 Å². The largest absolute Gasteiger partial charge is 0.340 e. The minimum atomic E-state index is 0.00927. The van der Waals surface area contributed by atoms with E-state index in [1.165, 1.54) is 6.42 Å². The maximum Gasteiger partial charge on any atom is 0.257 e. The molecule has 2 aromatic rings. The van der Waals surface area contributed by atoms with Crippen LogP contribution in [0, 0.1) is 0 Å². The number of likely N-dealkylation sites (tertiary alicyclic amines) is 1. The van der Waals surface area contributed by atoms with Crippen LogP contribution in [-0.4, -0.2) is 41.0 Å². The topological polar surface area (TPSA) is 57.3 Å². The molecule has 1 amide bonds. The van der Waals surface area contributed by atoms with Crippen molar-refractivity contribution in [3.63, 3.8) is 0 Å². The van der Waals surface area contributed by atoms with E-state index < -0.39 is 0 Å². The molecule has 2 fully saturated rings. The van der Waals surface area contributed by atoms with Gasteiger partial charge in [0.05, 0.1) is 15.6 Å². The van der Waals surface area contributed by atoms with Crippen LogP contribution in [0.4, 0.5) is 11.5 Å². The smallest absolute Gasteiger partial charge is 0.257 e. The number of pyridine rings is 1. The Hall–Kier alpha value is -1.82. The summed E-state index contributed by atoms with van der Waals surface area (Å²) in [5, 5.41) is 7.74. The summed E-state index contributed by atoms with van der Waals surface area (Å²) in [5.74, 6) is 0.535. The van der Waals surface area contributed by atoms with Crippen LogP contribution >= 0.6 is 23.2 Å². The fourth-order valence-electron chi connectivity index (χ4n) is 3.69. The molecule has 0 radical (unpaired) electrons. The number of rotatable bonds is 3. The Labute approximate surface area is 162 Å². The molecule has 1 aromatic carbocycles. The fraction of sp³-hybridized carbons (Fsp3) is 0.368. The molecular weight excluding hydrogens is 371 g/mol. The average Bonchev–Trinajstić information content (AvgIpc) is 2.97. The first-order chi connectivity index (χ1) is 12.6. The van der Waals surface area contributed by atoms with Gasteiger partial charge in [-0.2, -0.15) is 0 Å². The first kappa shape index (κ1) is 17.6. The van der Waals surface area contributed by atoms with Gasteiger partial charge < -0.3 is 15.5 Å². The number of hydrogen-bond acceptors (Lipinski definition) is 4. The van der Waals surface area contributed by atoms with E-state index in [4.69, 9.17) is 23.2 Å². The summed E-state index contributed by atoms with van der Waals surface area (Å²) in [6.07, 6.45) is 5.01. The van der Waals surface area contributed by atoms with Gasteiger partial charge in [-0.1, -0.05) is 23.2 Å². The lowest BCUT2D eigenvalue weighted by Crippen LogP contribution is -2.39. The van der Waals surface area contributed by atoms with Crippen LogP contribution in [-0.2, 0) is 0 Å². The molecule has 0 aliphatic carbocycles. The van der Waals surface area contributed by atoms with Gasteiger partial charge in [-0.15, -0.1) is 0 Å². The van der Waals surface area contributed by atoms with Gasteiger partial charge in [0.25, 0.3) is 5.91 Å². The highest BCUT2D eigenvalue weighted by atomic mass is 35.5. The third-order valence-electron chi connectivity index (χ3n) is 5.03. The number of halogens is 2. The second-order valence-electron chi connectivity index (χ2n) is 6.83. The molecule has 7 heteroatoms. The normalized spacial score (nSPS) is 22.2. The molecule has 0 spiro atoms. The predicted octanol–water partition coefficient (Wildman–Crippen LogP) is 4.10. The minimum absolute atomic E-state index is 0.00927. The second-order valence-corrected chi connectivity index (χ2v) is 7.65. The fourth-order valence-corrected chi connectivity index (χ4v) is 3.98. The van der Waals surface area contributed by atoms with Crippen molar-refractivity contribution >= 4 is 40.6 Å². The van der Waals surface area contributed by atoms with Gasteiger partial charge in [0.2, 0.25) is 0 Å². The number of nitrogens with one attached hydrogen (secondary N) is 2. The standard InChI is InChI=1S/C19H20Cl2N4O/c20-16-6-5-13(10-17(16)21)24-18-15(2-1-8-22-18)19(26)25-9-7-12-3-4-14(11-25)23-12/h1-2,5-6,8,10,12,14,23H,3-4,7,9,11H2,(H,22,24). The van der Waals surface area contributed by atoms with E-state index in [9.17, 15) is 4.79 Å². The molecule has 2 aliphatic rings. The van der Waals surface area contributed by atoms with Crippen LogP contribution < -0.4 is 10.6 Å². The number of carbonyl (C=O) groups excluding carboxylic acids is 1. The quantitative estimate of drug-likeness (QED) is 0.827. The van der Waals surface area contributed by atoms with Crippen LogP contribution in [0.25, 0.3) is 0 Å². The maximum atomic E-state index is 13.1. The first-order valence-electron chi connectivity index (χ1n) is 8.82. The summed E-state index contributed by atoms with van der Waals surface area (Å²) in [4.78, 5) is 19.4. The lowest BCUT2D eigenvalue weighted by Gasteiger charge is -2.25. The van der Waals surface area contributed by atoms with Crippen LogP contribution in [0.2, 0.25) is 10.0 Å². The molecule has 136 valence electrons. The molecule has 2 N–H and O–H groups in total. The lowest BCUT2D eigenvalue weighted by molar-refractivity contribution is 0.0749. The number of amides is 1. The van der Waals surface area contributed by atoms with Crippen molar-refractivity contribution in [1.82, 2.24) is 15.2 Å². The highest BCUT2D eigenvalue weighted by Gasteiger charge is 2.32. The Balaban J connectivity index is 1.56. The van der Waals surface area contributed by atoms with Gasteiger partial charge in [-0.25, -0.2) is 4.98 Å². The zero-order valence-corrected chi connectivity index (χ0v) is 15.7. The SMILES string of the molecule is O=C(c1cccnc1Nc1ccc(Cl)c(Cl)c1)N1CCC2CCC(C1)N2. The van der Waals surface area contributed by atoms with E-state index in [0.717, 1.165) is 31.6 Å². The van der Waals surface area contributed by atoms with Crippen molar-refractivity contribution in [1.29, 1.82) is 0 Å². The van der Waals surface area contributed by atoms with Crippen molar-refractivity contribution in [3.8, 4) is 0 Å². The van der Waals surface area contributed by atoms with Crippen molar-refractivity contribution in [2.24, 2.45) is 0 Å². The number of anilines is 2. The van der Waals surface area contributed by atoms with Crippen molar-refractivity contribution in [2.75, 3.05) is 18.4 Å². The van der Waals surface area contributed by atoms with Gasteiger partial charge in [-0.3, -0.25) is 4.79 Å². The Kier molecular flexibility index (Phi) is 5.02. The molecule has 4 rings (SSSR count). The van der Waals surface area contributed by atoms with Crippen LogP contribution in [0.15, 0.2) is 36.5 Å². The van der Waals surface area contributed by atoms with E-state index in [0.29, 0.717) is 33.5 Å². The summed E-state index contributed by atoms with van der Waals surface area (Å²) in [5.41, 5.74) is 1.31. The number of hydrogen-bond donors (Lipinski definition) is 2. The van der Waals surface area contributed by atoms with Crippen molar-refractivity contribution in [2.45, 2.75) is 31.3 Å². The van der Waals surface area contributed by atoms with Gasteiger partial charge in [0, 0.05) is 37.1 Å². The van der Waals surface area contributed by atoms with Crippen LogP contribution in [0.3, 0.4) is 0 Å². The highest BCUT2D eigenvalue weighted by Crippen LogP contribution is 2.28. The number of carbonyl (C=O) groups is 1.